The molecule has 0 radical (unpaired) electrons. The van der Waals surface area contributed by atoms with E-state index >= 15 is 0 Å². The van der Waals surface area contributed by atoms with Gasteiger partial charge in [-0.25, -0.2) is 4.57 Å². The van der Waals surface area contributed by atoms with E-state index in [9.17, 15) is 28.9 Å². The maximum atomic E-state index is 12.9. The Morgan fingerprint density at radius 3 is 0.972 bits per heavy atom. The number of hydrogen-bond acceptors (Lipinski definition) is 10. The Morgan fingerprint density at radius 1 is 0.375 bits per heavy atom. The van der Waals surface area contributed by atoms with Crippen molar-refractivity contribution in [3.8, 4) is 0 Å². The molecule has 0 aliphatic heterocycles. The van der Waals surface area contributed by atoms with Crippen LogP contribution in [-0.2, 0) is 42.2 Å². The van der Waals surface area contributed by atoms with Crippen molar-refractivity contribution in [2.45, 2.75) is 315 Å². The summed E-state index contributed by atoms with van der Waals surface area (Å²) in [6.45, 7) is 4.67. The van der Waals surface area contributed by atoms with Crippen LogP contribution in [0.25, 0.3) is 0 Å². The van der Waals surface area contributed by atoms with Crippen LogP contribution >= 0.6 is 7.82 Å². The normalized spacial score (nSPS) is 13.5. The molecular weight excluding hydrogens is 928 g/mol. The van der Waals surface area contributed by atoms with Gasteiger partial charge in [-0.15, -0.1) is 0 Å². The van der Waals surface area contributed by atoms with Crippen LogP contribution in [-0.4, -0.2) is 66.5 Å². The SMILES string of the molecule is CCCCCC/C=C\CCCCCCCC(=O)OCC(COP(=O)(O)OCC(CO)OC(=O)CCCCCCCCCCCCCCCCC)OC(=O)CCCCCCCCC/C=C\CCCCCCCC. The Morgan fingerprint density at radius 2 is 0.639 bits per heavy atom. The van der Waals surface area contributed by atoms with Crippen LogP contribution in [0.5, 0.6) is 0 Å². The minimum absolute atomic E-state index is 0.166. The highest BCUT2D eigenvalue weighted by Crippen LogP contribution is 2.43. The van der Waals surface area contributed by atoms with Gasteiger partial charge in [0.15, 0.2) is 6.10 Å². The van der Waals surface area contributed by atoms with Crippen LogP contribution in [0.2, 0.25) is 0 Å². The number of hydrogen-bond donors (Lipinski definition) is 2. The van der Waals surface area contributed by atoms with E-state index in [4.69, 9.17) is 23.3 Å². The molecule has 0 aromatic carbocycles. The molecule has 3 atom stereocenters. The van der Waals surface area contributed by atoms with Gasteiger partial charge < -0.3 is 24.2 Å². The van der Waals surface area contributed by atoms with Gasteiger partial charge in [0.25, 0.3) is 0 Å². The van der Waals surface area contributed by atoms with Crippen LogP contribution in [0.4, 0.5) is 0 Å². The minimum atomic E-state index is -4.74. The van der Waals surface area contributed by atoms with E-state index in [-0.39, 0.29) is 25.9 Å². The Bertz CT molecular complexity index is 1310. The summed E-state index contributed by atoms with van der Waals surface area (Å²) in [5.74, 6) is -1.45. The summed E-state index contributed by atoms with van der Waals surface area (Å²) >= 11 is 0. The Labute approximate surface area is 442 Å². The third-order valence-electron chi connectivity index (χ3n) is 13.3. The second kappa shape index (κ2) is 55.2. The van der Waals surface area contributed by atoms with E-state index < -0.39 is 57.8 Å². The highest BCUT2D eigenvalue weighted by atomic mass is 31.2. The molecule has 11 nitrogen and oxygen atoms in total. The lowest BCUT2D eigenvalue weighted by molar-refractivity contribution is -0.161. The standard InChI is InChI=1S/C60H113O11P/c1-4-7-10-13-16-19-22-25-27-28-30-33-36-39-42-45-48-51-60(64)71-57(53-67-58(62)49-46-43-40-37-34-31-24-21-18-15-12-9-6-3)55-69-72(65,66)68-54-56(52-61)70-59(63)50-47-44-41-38-35-32-29-26-23-20-17-14-11-8-5-2/h21,24-25,27,56-57,61H,4-20,22-23,26,28-55H2,1-3H3,(H,65,66)/b24-21-,27-25-. The summed E-state index contributed by atoms with van der Waals surface area (Å²) in [5.41, 5.74) is 0. The number of unbranched alkanes of at least 4 members (excludes halogenated alkanes) is 36. The summed E-state index contributed by atoms with van der Waals surface area (Å²) in [6, 6.07) is 0. The fraction of sp³-hybridized carbons (Fsp3) is 0.883. The number of carbonyl (C=O) groups is 3. The molecule has 0 bridgehead atoms. The van der Waals surface area contributed by atoms with Crippen LogP contribution in [0.1, 0.15) is 303 Å². The minimum Gasteiger partial charge on any atom is -0.462 e. The zero-order valence-corrected chi connectivity index (χ0v) is 47.8. The van der Waals surface area contributed by atoms with Gasteiger partial charge in [-0.05, 0) is 70.6 Å². The number of phosphoric ester groups is 1. The molecule has 424 valence electrons. The largest absolute Gasteiger partial charge is 0.472 e. The summed E-state index contributed by atoms with van der Waals surface area (Å²) in [7, 11) is -4.74. The monoisotopic (exact) mass is 1040 g/mol. The van der Waals surface area contributed by atoms with Crippen LogP contribution in [0.15, 0.2) is 24.3 Å². The molecule has 0 aliphatic rings. The Hall–Kier alpha value is -2.04. The third kappa shape index (κ3) is 52.8. The number of ether oxygens (including phenoxy) is 3. The van der Waals surface area contributed by atoms with Crippen LogP contribution in [0.3, 0.4) is 0 Å². The van der Waals surface area contributed by atoms with Crippen molar-refractivity contribution >= 4 is 25.7 Å². The predicted molar refractivity (Wildman–Crippen MR) is 298 cm³/mol. The fourth-order valence-corrected chi connectivity index (χ4v) is 9.48. The molecule has 72 heavy (non-hydrogen) atoms. The van der Waals surface area contributed by atoms with Gasteiger partial charge in [0.1, 0.15) is 12.7 Å². The lowest BCUT2D eigenvalue weighted by Crippen LogP contribution is -2.30. The van der Waals surface area contributed by atoms with Crippen LogP contribution in [0, 0.1) is 0 Å². The predicted octanol–water partition coefficient (Wildman–Crippen LogP) is 17.8. The molecule has 12 heteroatoms. The fourth-order valence-electron chi connectivity index (χ4n) is 8.70. The first kappa shape index (κ1) is 70.0. The first-order chi connectivity index (χ1) is 35.2. The first-order valence-corrected chi connectivity index (χ1v) is 31.7. The van der Waals surface area contributed by atoms with Crippen molar-refractivity contribution in [1.29, 1.82) is 0 Å². The number of allylic oxidation sites excluding steroid dienone is 4. The van der Waals surface area contributed by atoms with Crippen molar-refractivity contribution in [2.75, 3.05) is 26.4 Å². The molecule has 0 heterocycles. The maximum absolute atomic E-state index is 12.9. The molecule has 2 N–H and O–H groups in total. The van der Waals surface area contributed by atoms with E-state index in [1.54, 1.807) is 0 Å². The lowest BCUT2D eigenvalue weighted by Gasteiger charge is -2.21. The summed E-state index contributed by atoms with van der Waals surface area (Å²) in [4.78, 5) is 48.6. The quantitative estimate of drug-likeness (QED) is 0.0197. The van der Waals surface area contributed by atoms with Crippen LogP contribution < -0.4 is 0 Å². The molecule has 0 aromatic heterocycles. The smallest absolute Gasteiger partial charge is 0.462 e. The number of carbonyl (C=O) groups excluding carboxylic acids is 3. The van der Waals surface area contributed by atoms with Gasteiger partial charge in [-0.1, -0.05) is 238 Å². The maximum Gasteiger partial charge on any atom is 0.472 e. The second-order valence-corrected chi connectivity index (χ2v) is 22.0. The zero-order valence-electron chi connectivity index (χ0n) is 46.9. The number of aliphatic hydroxyl groups is 1. The van der Waals surface area contributed by atoms with Crippen molar-refractivity contribution in [3.63, 3.8) is 0 Å². The summed E-state index contributed by atoms with van der Waals surface area (Å²) in [6.07, 6.45) is 55.6. The molecule has 0 saturated carbocycles. The summed E-state index contributed by atoms with van der Waals surface area (Å²) < 4.78 is 39.6. The van der Waals surface area contributed by atoms with Crippen molar-refractivity contribution in [3.05, 3.63) is 24.3 Å². The van der Waals surface area contributed by atoms with Gasteiger partial charge in [0, 0.05) is 19.3 Å². The van der Waals surface area contributed by atoms with E-state index in [0.29, 0.717) is 19.3 Å². The van der Waals surface area contributed by atoms with E-state index in [1.807, 2.05) is 0 Å². The van der Waals surface area contributed by atoms with Crippen molar-refractivity contribution < 1.29 is 52.2 Å². The number of rotatable bonds is 57. The van der Waals surface area contributed by atoms with Gasteiger partial charge in [0.2, 0.25) is 0 Å². The van der Waals surface area contributed by atoms with Gasteiger partial charge in [-0.3, -0.25) is 23.4 Å². The molecule has 3 unspecified atom stereocenters. The second-order valence-electron chi connectivity index (χ2n) is 20.5. The highest BCUT2D eigenvalue weighted by molar-refractivity contribution is 7.47. The van der Waals surface area contributed by atoms with Gasteiger partial charge in [-0.2, -0.15) is 0 Å². The molecule has 0 fully saturated rings. The van der Waals surface area contributed by atoms with E-state index in [2.05, 4.69) is 45.1 Å². The van der Waals surface area contributed by atoms with E-state index in [0.717, 1.165) is 83.5 Å². The average molecular weight is 1040 g/mol. The molecule has 0 saturated heterocycles. The average Bonchev–Trinajstić information content (AvgIpc) is 3.37. The van der Waals surface area contributed by atoms with Gasteiger partial charge in [0.05, 0.1) is 19.8 Å². The Balaban J connectivity index is 4.67. The molecule has 0 aromatic rings. The lowest BCUT2D eigenvalue weighted by atomic mass is 10.0. The molecule has 0 rings (SSSR count). The molecule has 0 spiro atoms. The van der Waals surface area contributed by atoms with Crippen molar-refractivity contribution in [2.24, 2.45) is 0 Å². The molecule has 0 aliphatic carbocycles. The third-order valence-corrected chi connectivity index (χ3v) is 14.3. The number of esters is 3. The highest BCUT2D eigenvalue weighted by Gasteiger charge is 2.28. The topological polar surface area (TPSA) is 155 Å². The van der Waals surface area contributed by atoms with Crippen molar-refractivity contribution in [1.82, 2.24) is 0 Å². The zero-order chi connectivity index (χ0) is 52.7. The first-order valence-electron chi connectivity index (χ1n) is 30.2. The Kier molecular flexibility index (Phi) is 53.6. The molecular formula is C60H113O11P. The summed E-state index contributed by atoms with van der Waals surface area (Å²) in [5, 5.41) is 9.82. The number of aliphatic hydroxyl groups excluding tert-OH is 1. The molecule has 0 amide bonds. The number of phosphoric acid groups is 1. The van der Waals surface area contributed by atoms with E-state index in [1.165, 1.54) is 161 Å². The van der Waals surface area contributed by atoms with Gasteiger partial charge >= 0.3 is 25.7 Å².